The van der Waals surface area contributed by atoms with Gasteiger partial charge in [0.15, 0.2) is 0 Å². The van der Waals surface area contributed by atoms with E-state index < -0.39 is 0 Å². The van der Waals surface area contributed by atoms with Crippen LogP contribution in [0.3, 0.4) is 0 Å². The minimum Gasteiger partial charge on any atom is -0.371 e. The minimum atomic E-state index is 0.541. The molecule has 2 fully saturated rings. The summed E-state index contributed by atoms with van der Waals surface area (Å²) >= 11 is 0. The number of hydrogen-bond donors (Lipinski definition) is 0. The number of nitrogens with zero attached hydrogens (tertiary/aromatic N) is 4. The van der Waals surface area contributed by atoms with E-state index >= 15 is 0 Å². The monoisotopic (exact) mass is 452 g/mol. The molecule has 2 aromatic carbocycles. The highest BCUT2D eigenvalue weighted by Gasteiger charge is 2.26. The van der Waals surface area contributed by atoms with Crippen LogP contribution in [0.2, 0.25) is 0 Å². The zero-order valence-electron chi connectivity index (χ0n) is 21.1. The summed E-state index contributed by atoms with van der Waals surface area (Å²) in [5.74, 6) is 1.18. The van der Waals surface area contributed by atoms with Crippen molar-refractivity contribution in [3.05, 3.63) is 76.4 Å². The summed E-state index contributed by atoms with van der Waals surface area (Å²) in [6.07, 6.45) is 6.04. The van der Waals surface area contributed by atoms with Gasteiger partial charge >= 0.3 is 0 Å². The van der Waals surface area contributed by atoms with Gasteiger partial charge in [-0.2, -0.15) is 15.5 Å². The van der Waals surface area contributed by atoms with Crippen molar-refractivity contribution < 1.29 is 0 Å². The Labute approximate surface area is 204 Å². The average Bonchev–Trinajstić information content (AvgIpc) is 2.81. The lowest BCUT2D eigenvalue weighted by Gasteiger charge is -2.36. The first-order valence-electron chi connectivity index (χ1n) is 12.5. The maximum absolute atomic E-state index is 9.06. The van der Waals surface area contributed by atoms with Gasteiger partial charge in [0, 0.05) is 35.6 Å². The van der Waals surface area contributed by atoms with Gasteiger partial charge in [0.05, 0.1) is 17.3 Å². The molecule has 0 bridgehead atoms. The Bertz CT molecular complexity index is 1150. The number of likely N-dealkylation sites (tertiary alicyclic amines) is 1. The molecule has 0 unspecified atom stereocenters. The Morgan fingerprint density at radius 3 is 2.18 bits per heavy atom. The Morgan fingerprint density at radius 2 is 1.62 bits per heavy atom. The normalized spacial score (nSPS) is 17.1. The third-order valence-corrected chi connectivity index (χ3v) is 7.43. The molecule has 1 aliphatic heterocycles. The molecular weight excluding hydrogens is 416 g/mol. The molecule has 34 heavy (non-hydrogen) atoms. The highest BCUT2D eigenvalue weighted by Crippen LogP contribution is 2.40. The molecular formula is C30H36N4. The van der Waals surface area contributed by atoms with Gasteiger partial charge in [-0.25, -0.2) is 0 Å². The van der Waals surface area contributed by atoms with Gasteiger partial charge in [0.25, 0.3) is 0 Å². The van der Waals surface area contributed by atoms with E-state index in [9.17, 15) is 0 Å². The number of nitriles is 1. The predicted octanol–water partition coefficient (Wildman–Crippen LogP) is 7.19. The summed E-state index contributed by atoms with van der Waals surface area (Å²) in [4.78, 5) is 2.44. The fraction of sp³-hybridized carbons (Fsp3) is 0.433. The SMILES string of the molecule is C=C(c1cc(/C(C)=N/N=C(C)C)c(C2CCC2)cc1C)N1CCC(c2ccc(C#N)cc2)CC1. The number of aryl methyl sites for hydroxylation is 1. The molecule has 1 saturated carbocycles. The summed E-state index contributed by atoms with van der Waals surface area (Å²) in [5.41, 5.74) is 10.3. The number of piperidine rings is 1. The van der Waals surface area contributed by atoms with E-state index in [-0.39, 0.29) is 0 Å². The van der Waals surface area contributed by atoms with Crippen LogP contribution in [0, 0.1) is 18.3 Å². The molecule has 0 radical (unpaired) electrons. The highest BCUT2D eigenvalue weighted by molar-refractivity contribution is 6.01. The maximum Gasteiger partial charge on any atom is 0.0991 e. The van der Waals surface area contributed by atoms with Gasteiger partial charge in [-0.3, -0.25) is 0 Å². The van der Waals surface area contributed by atoms with Crippen molar-refractivity contribution in [1.29, 1.82) is 5.26 Å². The Hall–Kier alpha value is -3.19. The number of hydrogen-bond acceptors (Lipinski definition) is 4. The van der Waals surface area contributed by atoms with Gasteiger partial charge in [-0.05, 0) is 100 Å². The minimum absolute atomic E-state index is 0.541. The van der Waals surface area contributed by atoms with Gasteiger partial charge in [0.1, 0.15) is 0 Å². The van der Waals surface area contributed by atoms with Gasteiger partial charge in [-0.15, -0.1) is 0 Å². The second kappa shape index (κ2) is 10.4. The van der Waals surface area contributed by atoms with Crippen molar-refractivity contribution in [3.8, 4) is 6.07 Å². The second-order valence-corrected chi connectivity index (χ2v) is 10.1. The van der Waals surface area contributed by atoms with E-state index in [2.05, 4.69) is 65.9 Å². The zero-order valence-corrected chi connectivity index (χ0v) is 21.1. The topological polar surface area (TPSA) is 51.8 Å². The molecule has 4 heteroatoms. The van der Waals surface area contributed by atoms with Crippen molar-refractivity contribution >= 4 is 17.1 Å². The van der Waals surface area contributed by atoms with Gasteiger partial charge in [0.2, 0.25) is 0 Å². The first-order chi connectivity index (χ1) is 16.4. The second-order valence-electron chi connectivity index (χ2n) is 10.1. The van der Waals surface area contributed by atoms with Crippen LogP contribution in [0.1, 0.15) is 98.1 Å². The molecule has 4 nitrogen and oxygen atoms in total. The van der Waals surface area contributed by atoms with Crippen molar-refractivity contribution in [3.63, 3.8) is 0 Å². The van der Waals surface area contributed by atoms with Crippen molar-refractivity contribution in [2.45, 2.75) is 71.6 Å². The summed E-state index contributed by atoms with van der Waals surface area (Å²) in [5, 5.41) is 17.9. The van der Waals surface area contributed by atoms with Crippen LogP contribution < -0.4 is 0 Å². The van der Waals surface area contributed by atoms with Crippen LogP contribution in [0.4, 0.5) is 0 Å². The standard InChI is InChI=1S/C30H36N4/c1-20(2)32-33-22(4)29-18-28(21(3)17-30(29)27-7-6-8-27)23(5)34-15-13-26(14-16-34)25-11-9-24(19-31)10-12-25/h9-12,17-18,26-27H,5-8,13-16H2,1-4H3/b33-22+. The molecule has 0 atom stereocenters. The fourth-order valence-corrected chi connectivity index (χ4v) is 5.12. The quantitative estimate of drug-likeness (QED) is 0.344. The third kappa shape index (κ3) is 5.14. The van der Waals surface area contributed by atoms with Crippen LogP contribution in [0.5, 0.6) is 0 Å². The highest BCUT2D eigenvalue weighted by atomic mass is 15.2. The maximum atomic E-state index is 9.06. The molecule has 176 valence electrons. The van der Waals surface area contributed by atoms with Crippen LogP contribution in [0.15, 0.2) is 53.2 Å². The van der Waals surface area contributed by atoms with E-state index in [1.807, 2.05) is 26.0 Å². The van der Waals surface area contributed by atoms with E-state index in [1.54, 1.807) is 0 Å². The molecule has 0 amide bonds. The van der Waals surface area contributed by atoms with Crippen LogP contribution >= 0.6 is 0 Å². The largest absolute Gasteiger partial charge is 0.371 e. The van der Waals surface area contributed by atoms with Crippen molar-refractivity contribution in [1.82, 2.24) is 4.90 Å². The Balaban J connectivity index is 1.54. The Kier molecular flexibility index (Phi) is 7.32. The van der Waals surface area contributed by atoms with Gasteiger partial charge in [-0.1, -0.05) is 31.2 Å². The zero-order chi connectivity index (χ0) is 24.2. The van der Waals surface area contributed by atoms with E-state index in [0.29, 0.717) is 11.8 Å². The molecule has 1 aliphatic carbocycles. The molecule has 1 heterocycles. The molecule has 0 aromatic heterocycles. The first-order valence-corrected chi connectivity index (χ1v) is 12.5. The first kappa shape index (κ1) is 24.0. The lowest BCUT2D eigenvalue weighted by atomic mass is 9.76. The number of rotatable bonds is 6. The molecule has 0 N–H and O–H groups in total. The Morgan fingerprint density at radius 1 is 0.941 bits per heavy atom. The summed E-state index contributed by atoms with van der Waals surface area (Å²) in [7, 11) is 0. The molecule has 2 aromatic rings. The van der Waals surface area contributed by atoms with Crippen molar-refractivity contribution in [2.24, 2.45) is 10.2 Å². The van der Waals surface area contributed by atoms with E-state index in [4.69, 9.17) is 5.26 Å². The lowest BCUT2D eigenvalue weighted by molar-refractivity contribution is 0.299. The van der Waals surface area contributed by atoms with Gasteiger partial charge < -0.3 is 4.90 Å². The van der Waals surface area contributed by atoms with E-state index in [0.717, 1.165) is 48.6 Å². The molecule has 0 spiro atoms. The summed E-state index contributed by atoms with van der Waals surface area (Å²) < 4.78 is 0. The lowest BCUT2D eigenvalue weighted by Crippen LogP contribution is -2.31. The van der Waals surface area contributed by atoms with Crippen LogP contribution in [0.25, 0.3) is 5.70 Å². The number of benzene rings is 2. The summed E-state index contributed by atoms with van der Waals surface area (Å²) in [6, 6.07) is 15.0. The fourth-order valence-electron chi connectivity index (χ4n) is 5.12. The smallest absolute Gasteiger partial charge is 0.0991 e. The molecule has 1 saturated heterocycles. The molecule has 4 rings (SSSR count). The van der Waals surface area contributed by atoms with Crippen LogP contribution in [-0.4, -0.2) is 29.4 Å². The van der Waals surface area contributed by atoms with Crippen molar-refractivity contribution in [2.75, 3.05) is 13.1 Å². The van der Waals surface area contributed by atoms with E-state index in [1.165, 1.54) is 47.1 Å². The average molecular weight is 453 g/mol. The van der Waals surface area contributed by atoms with Crippen LogP contribution in [-0.2, 0) is 0 Å². The summed E-state index contributed by atoms with van der Waals surface area (Å²) in [6.45, 7) is 14.8. The molecule has 2 aliphatic rings. The predicted molar refractivity (Wildman–Crippen MR) is 143 cm³/mol. The third-order valence-electron chi connectivity index (χ3n) is 7.43.